The van der Waals surface area contributed by atoms with Crippen LogP contribution in [0.1, 0.15) is 42.3 Å². The molecule has 128 valence electrons. The standard InChI is InChI=1S/C21H23N3O/c1-15(2)18-10-7-17(8-11-18)9-12-21(25)22-14-19-16(3)23-20-6-4-5-13-24(19)20/h4-13,15H,14H2,1-3H3,(H,22,25)/b12-9+. The molecule has 25 heavy (non-hydrogen) atoms. The summed E-state index contributed by atoms with van der Waals surface area (Å²) < 4.78 is 2.00. The first kappa shape index (κ1) is 17.0. The van der Waals surface area contributed by atoms with Gasteiger partial charge in [0, 0.05) is 12.3 Å². The van der Waals surface area contributed by atoms with Crippen molar-refractivity contribution in [3.05, 3.63) is 77.3 Å². The first-order valence-corrected chi connectivity index (χ1v) is 8.53. The molecule has 0 aliphatic rings. The number of carbonyl (C=O) groups is 1. The Morgan fingerprint density at radius 1 is 1.20 bits per heavy atom. The Kier molecular flexibility index (Phi) is 4.98. The third kappa shape index (κ3) is 3.97. The van der Waals surface area contributed by atoms with Gasteiger partial charge in [-0.2, -0.15) is 0 Å². The molecule has 4 heteroatoms. The van der Waals surface area contributed by atoms with Gasteiger partial charge in [-0.05, 0) is 42.2 Å². The molecule has 0 saturated heterocycles. The predicted octanol–water partition coefficient (Wildman–Crippen LogP) is 4.10. The third-order valence-electron chi connectivity index (χ3n) is 4.29. The molecule has 0 aliphatic heterocycles. The van der Waals surface area contributed by atoms with Crippen molar-refractivity contribution in [1.82, 2.24) is 14.7 Å². The van der Waals surface area contributed by atoms with E-state index in [2.05, 4.69) is 36.3 Å². The van der Waals surface area contributed by atoms with Gasteiger partial charge in [0.05, 0.1) is 17.9 Å². The van der Waals surface area contributed by atoms with Crippen LogP contribution in [0.4, 0.5) is 0 Å². The molecule has 4 nitrogen and oxygen atoms in total. The van der Waals surface area contributed by atoms with Crippen LogP contribution in [0.15, 0.2) is 54.7 Å². The van der Waals surface area contributed by atoms with Crippen LogP contribution in [-0.2, 0) is 11.3 Å². The molecule has 0 radical (unpaired) electrons. The van der Waals surface area contributed by atoms with E-state index in [1.165, 1.54) is 5.56 Å². The number of nitrogens with one attached hydrogen (secondary N) is 1. The van der Waals surface area contributed by atoms with Crippen molar-refractivity contribution in [3.63, 3.8) is 0 Å². The van der Waals surface area contributed by atoms with E-state index in [9.17, 15) is 4.79 Å². The quantitative estimate of drug-likeness (QED) is 0.715. The second-order valence-corrected chi connectivity index (χ2v) is 6.45. The maximum Gasteiger partial charge on any atom is 0.244 e. The summed E-state index contributed by atoms with van der Waals surface area (Å²) in [7, 11) is 0. The molecule has 1 aromatic carbocycles. The molecular weight excluding hydrogens is 310 g/mol. The average Bonchev–Trinajstić information content (AvgIpc) is 2.93. The minimum atomic E-state index is -0.113. The molecule has 3 rings (SSSR count). The summed E-state index contributed by atoms with van der Waals surface area (Å²) in [6.07, 6.45) is 5.37. The van der Waals surface area contributed by atoms with Gasteiger partial charge in [0.1, 0.15) is 5.65 Å². The fourth-order valence-electron chi connectivity index (χ4n) is 2.77. The van der Waals surface area contributed by atoms with Gasteiger partial charge in [-0.3, -0.25) is 4.79 Å². The van der Waals surface area contributed by atoms with Crippen LogP contribution in [0.2, 0.25) is 0 Å². The largest absolute Gasteiger partial charge is 0.347 e. The average molecular weight is 333 g/mol. The lowest BCUT2D eigenvalue weighted by atomic mass is 10.0. The molecule has 2 aromatic heterocycles. The van der Waals surface area contributed by atoms with E-state index in [1.54, 1.807) is 6.08 Å². The lowest BCUT2D eigenvalue weighted by Crippen LogP contribution is -2.21. The van der Waals surface area contributed by atoms with Crippen LogP contribution >= 0.6 is 0 Å². The fourth-order valence-corrected chi connectivity index (χ4v) is 2.77. The molecule has 0 atom stereocenters. The van der Waals surface area contributed by atoms with Crippen LogP contribution in [0.25, 0.3) is 11.7 Å². The summed E-state index contributed by atoms with van der Waals surface area (Å²) in [5, 5.41) is 2.93. The number of hydrogen-bond donors (Lipinski definition) is 1. The van der Waals surface area contributed by atoms with Crippen molar-refractivity contribution in [2.45, 2.75) is 33.2 Å². The molecule has 3 aromatic rings. The third-order valence-corrected chi connectivity index (χ3v) is 4.29. The predicted molar refractivity (Wildman–Crippen MR) is 101 cm³/mol. The van der Waals surface area contributed by atoms with E-state index in [1.807, 2.05) is 53.9 Å². The number of benzene rings is 1. The summed E-state index contributed by atoms with van der Waals surface area (Å²) in [5.74, 6) is 0.397. The molecular formula is C21H23N3O. The van der Waals surface area contributed by atoms with Gasteiger partial charge in [0.25, 0.3) is 0 Å². The second-order valence-electron chi connectivity index (χ2n) is 6.45. The summed E-state index contributed by atoms with van der Waals surface area (Å²) in [4.78, 5) is 16.6. The number of hydrogen-bond acceptors (Lipinski definition) is 2. The van der Waals surface area contributed by atoms with Crippen LogP contribution in [0.5, 0.6) is 0 Å². The van der Waals surface area contributed by atoms with Crippen molar-refractivity contribution in [1.29, 1.82) is 0 Å². The zero-order valence-corrected chi connectivity index (χ0v) is 14.9. The number of amides is 1. The summed E-state index contributed by atoms with van der Waals surface area (Å²) >= 11 is 0. The highest BCUT2D eigenvalue weighted by atomic mass is 16.1. The Morgan fingerprint density at radius 2 is 1.96 bits per heavy atom. The van der Waals surface area contributed by atoms with Gasteiger partial charge in [0.15, 0.2) is 0 Å². The van der Waals surface area contributed by atoms with Crippen LogP contribution in [-0.4, -0.2) is 15.3 Å². The van der Waals surface area contributed by atoms with E-state index in [4.69, 9.17) is 0 Å². The summed E-state index contributed by atoms with van der Waals surface area (Å²) in [5.41, 5.74) is 5.14. The van der Waals surface area contributed by atoms with Crippen LogP contribution in [0, 0.1) is 6.92 Å². The topological polar surface area (TPSA) is 46.4 Å². The van der Waals surface area contributed by atoms with Gasteiger partial charge < -0.3 is 9.72 Å². The molecule has 0 fully saturated rings. The maximum absolute atomic E-state index is 12.1. The van der Waals surface area contributed by atoms with Crippen LogP contribution < -0.4 is 5.32 Å². The lowest BCUT2D eigenvalue weighted by molar-refractivity contribution is -0.116. The molecule has 0 saturated carbocycles. The van der Waals surface area contributed by atoms with E-state index in [-0.39, 0.29) is 5.91 Å². The van der Waals surface area contributed by atoms with Gasteiger partial charge in [0.2, 0.25) is 5.91 Å². The van der Waals surface area contributed by atoms with Gasteiger partial charge >= 0.3 is 0 Å². The normalized spacial score (nSPS) is 11.5. The van der Waals surface area contributed by atoms with E-state index < -0.39 is 0 Å². The lowest BCUT2D eigenvalue weighted by Gasteiger charge is -2.05. The monoisotopic (exact) mass is 333 g/mol. The molecule has 1 amide bonds. The minimum absolute atomic E-state index is 0.113. The minimum Gasteiger partial charge on any atom is -0.347 e. The number of nitrogens with zero attached hydrogens (tertiary/aromatic N) is 2. The summed E-state index contributed by atoms with van der Waals surface area (Å²) in [6.45, 7) is 6.74. The van der Waals surface area contributed by atoms with Gasteiger partial charge in [-0.25, -0.2) is 4.98 Å². The number of carbonyl (C=O) groups excluding carboxylic acids is 1. The molecule has 0 spiro atoms. The van der Waals surface area contributed by atoms with Crippen molar-refractivity contribution < 1.29 is 4.79 Å². The zero-order valence-electron chi connectivity index (χ0n) is 14.9. The van der Waals surface area contributed by atoms with Gasteiger partial charge in [-0.1, -0.05) is 44.2 Å². The highest BCUT2D eigenvalue weighted by Crippen LogP contribution is 2.15. The number of imidazole rings is 1. The molecule has 1 N–H and O–H groups in total. The molecule has 0 bridgehead atoms. The van der Waals surface area contributed by atoms with Crippen molar-refractivity contribution >= 4 is 17.6 Å². The molecule has 0 unspecified atom stereocenters. The number of aryl methyl sites for hydroxylation is 1. The highest BCUT2D eigenvalue weighted by molar-refractivity contribution is 5.91. The number of pyridine rings is 1. The molecule has 0 aliphatic carbocycles. The second kappa shape index (κ2) is 7.34. The smallest absolute Gasteiger partial charge is 0.244 e. The Hall–Kier alpha value is -2.88. The zero-order chi connectivity index (χ0) is 17.8. The fraction of sp³-hybridized carbons (Fsp3) is 0.238. The van der Waals surface area contributed by atoms with Crippen molar-refractivity contribution in [2.24, 2.45) is 0 Å². The van der Waals surface area contributed by atoms with Crippen LogP contribution in [0.3, 0.4) is 0 Å². The number of rotatable bonds is 5. The van der Waals surface area contributed by atoms with Crippen molar-refractivity contribution in [2.75, 3.05) is 0 Å². The van der Waals surface area contributed by atoms with E-state index in [0.717, 1.165) is 22.6 Å². The van der Waals surface area contributed by atoms with Crippen molar-refractivity contribution in [3.8, 4) is 0 Å². The van der Waals surface area contributed by atoms with E-state index >= 15 is 0 Å². The van der Waals surface area contributed by atoms with E-state index in [0.29, 0.717) is 12.5 Å². The SMILES string of the molecule is Cc1nc2ccccn2c1CNC(=O)/C=C/c1ccc(C(C)C)cc1. The van der Waals surface area contributed by atoms with Gasteiger partial charge in [-0.15, -0.1) is 0 Å². The highest BCUT2D eigenvalue weighted by Gasteiger charge is 2.08. The first-order valence-electron chi connectivity index (χ1n) is 8.53. The Balaban J connectivity index is 1.63. The summed E-state index contributed by atoms with van der Waals surface area (Å²) in [6, 6.07) is 14.1. The maximum atomic E-state index is 12.1. The Morgan fingerprint density at radius 3 is 2.68 bits per heavy atom. The first-order chi connectivity index (χ1) is 12.0. The number of aromatic nitrogens is 2. The number of fused-ring (bicyclic) bond motifs is 1. The molecule has 2 heterocycles. The Labute approximate surface area is 148 Å². The Bertz CT molecular complexity index is 905.